The number of carbonyl (C=O) groups is 2. The van der Waals surface area contributed by atoms with Crippen LogP contribution >= 0.6 is 0 Å². The molecule has 0 aliphatic heterocycles. The molecule has 132 valence electrons. The van der Waals surface area contributed by atoms with Crippen LogP contribution in [0.4, 0.5) is 0 Å². The first-order valence-electron chi connectivity index (χ1n) is 7.91. The number of allylic oxidation sites excluding steroid dienone is 1. The summed E-state index contributed by atoms with van der Waals surface area (Å²) in [6.07, 6.45) is 2.01. The number of rotatable bonds is 6. The van der Waals surface area contributed by atoms with Gasteiger partial charge in [-0.15, -0.1) is 0 Å². The van der Waals surface area contributed by atoms with E-state index in [2.05, 4.69) is 0 Å². The molecule has 24 heavy (non-hydrogen) atoms. The molecule has 0 aliphatic rings. The molecule has 1 aromatic rings. The fourth-order valence-corrected chi connectivity index (χ4v) is 4.16. The Bertz CT molecular complexity index is 586. The van der Waals surface area contributed by atoms with E-state index in [0.717, 1.165) is 10.0 Å². The average molecular weight is 396 g/mol. The Morgan fingerprint density at radius 3 is 2.25 bits per heavy atom. The summed E-state index contributed by atoms with van der Waals surface area (Å²) in [4.78, 5) is 26.4. The fourth-order valence-electron chi connectivity index (χ4n) is 2.05. The third-order valence-corrected chi connectivity index (χ3v) is 5.86. The molecule has 0 heterocycles. The molecule has 0 bridgehead atoms. The number of carbonyl (C=O) groups excluding carboxylic acids is 2. The first-order chi connectivity index (χ1) is 11.2. The van der Waals surface area contributed by atoms with E-state index in [1.165, 1.54) is 7.11 Å². The molecule has 0 saturated carbocycles. The number of esters is 1. The summed E-state index contributed by atoms with van der Waals surface area (Å²) in [5.74, 6) is -0.633. The van der Waals surface area contributed by atoms with Gasteiger partial charge in [0.25, 0.3) is 0 Å². The van der Waals surface area contributed by atoms with Crippen LogP contribution in [0.5, 0.6) is 0 Å². The second-order valence-electron chi connectivity index (χ2n) is 6.74. The summed E-state index contributed by atoms with van der Waals surface area (Å²) in [6.45, 7) is 10.4. The number of hydrogen-bond acceptors (Lipinski definition) is 3. The third kappa shape index (κ3) is 6.14. The van der Waals surface area contributed by atoms with Crippen molar-refractivity contribution in [2.45, 2.75) is 45.0 Å². The first-order valence-corrected chi connectivity index (χ1v) is 9.75. The van der Waals surface area contributed by atoms with Crippen molar-refractivity contribution in [3.8, 4) is 0 Å². The maximum atomic E-state index is 13.1. The number of benzene rings is 1. The van der Waals surface area contributed by atoms with Crippen LogP contribution in [0.15, 0.2) is 42.0 Å². The van der Waals surface area contributed by atoms with Crippen LogP contribution < -0.4 is 4.46 Å². The van der Waals surface area contributed by atoms with Gasteiger partial charge in [0.1, 0.15) is 0 Å². The molecule has 0 N–H and O–H groups in total. The van der Waals surface area contributed by atoms with Gasteiger partial charge in [0.05, 0.1) is 0 Å². The molecule has 1 amide bonds. The summed E-state index contributed by atoms with van der Waals surface area (Å²) in [7, 11) is 1.33. The zero-order chi connectivity index (χ0) is 18.3. The van der Waals surface area contributed by atoms with Gasteiger partial charge in [0, 0.05) is 0 Å². The molecule has 0 radical (unpaired) electrons. The van der Waals surface area contributed by atoms with E-state index in [9.17, 15) is 9.59 Å². The number of methoxy groups -OCH3 is 1. The van der Waals surface area contributed by atoms with Gasteiger partial charge < -0.3 is 0 Å². The van der Waals surface area contributed by atoms with Crippen LogP contribution in [0.25, 0.3) is 0 Å². The van der Waals surface area contributed by atoms with Gasteiger partial charge >= 0.3 is 151 Å². The summed E-state index contributed by atoms with van der Waals surface area (Å²) in [6, 6.07) is 9.65. The van der Waals surface area contributed by atoms with Crippen LogP contribution in [0.3, 0.4) is 0 Å². The summed E-state index contributed by atoms with van der Waals surface area (Å²) in [5.41, 5.74) is 0.766. The third-order valence-electron chi connectivity index (χ3n) is 3.39. The second-order valence-corrected chi connectivity index (χ2v) is 9.21. The Morgan fingerprint density at radius 2 is 1.79 bits per heavy atom. The Balaban J connectivity index is 3.11. The van der Waals surface area contributed by atoms with E-state index in [0.29, 0.717) is 6.54 Å². The standard InChI is InChI=1S/C19H27NO3Se/c1-14(2)12-13-20(19(3,4)5)17(21)16(18(22)23-6)24-15-10-8-7-9-11-15/h7-12,16H,13H2,1-6H3. The zero-order valence-electron chi connectivity index (χ0n) is 15.3. The number of amides is 1. The molecule has 1 atom stereocenters. The van der Waals surface area contributed by atoms with Gasteiger partial charge in [-0.25, -0.2) is 0 Å². The van der Waals surface area contributed by atoms with Gasteiger partial charge in [-0.3, -0.25) is 0 Å². The summed E-state index contributed by atoms with van der Waals surface area (Å²) < 4.78 is 5.91. The molecule has 0 fully saturated rings. The van der Waals surface area contributed by atoms with Crippen LogP contribution in [-0.4, -0.2) is 50.9 Å². The fraction of sp³-hybridized carbons (Fsp3) is 0.474. The maximum absolute atomic E-state index is 13.1. The predicted molar refractivity (Wildman–Crippen MR) is 98.5 cm³/mol. The van der Waals surface area contributed by atoms with Crippen molar-refractivity contribution in [1.82, 2.24) is 4.90 Å². The van der Waals surface area contributed by atoms with Crippen LogP contribution in [0.1, 0.15) is 34.6 Å². The van der Waals surface area contributed by atoms with Crippen molar-refractivity contribution >= 4 is 31.3 Å². The van der Waals surface area contributed by atoms with E-state index >= 15 is 0 Å². The Hall–Kier alpha value is -1.58. The Morgan fingerprint density at radius 1 is 1.21 bits per heavy atom. The SMILES string of the molecule is COC(=O)C([Se]c1ccccc1)C(=O)N(CC=C(C)C)C(C)(C)C. The molecule has 4 nitrogen and oxygen atoms in total. The molecule has 0 spiro atoms. The first kappa shape index (κ1) is 20.5. The Kier molecular flexibility index (Phi) is 7.71. The molecule has 0 aromatic heterocycles. The number of nitrogens with zero attached hydrogens (tertiary/aromatic N) is 1. The summed E-state index contributed by atoms with van der Waals surface area (Å²) in [5, 5.41) is 0. The predicted octanol–water partition coefficient (Wildman–Crippen LogP) is 2.57. The van der Waals surface area contributed by atoms with E-state index in [4.69, 9.17) is 4.74 Å². The second kappa shape index (κ2) is 9.05. The molecule has 0 saturated heterocycles. The van der Waals surface area contributed by atoms with Crippen molar-refractivity contribution < 1.29 is 14.3 Å². The van der Waals surface area contributed by atoms with Crippen LogP contribution in [0.2, 0.25) is 4.82 Å². The minimum absolute atomic E-state index is 0.171. The van der Waals surface area contributed by atoms with Crippen LogP contribution in [0, 0.1) is 0 Å². The average Bonchev–Trinajstić information content (AvgIpc) is 2.51. The van der Waals surface area contributed by atoms with Crippen molar-refractivity contribution in [2.24, 2.45) is 0 Å². The normalized spacial score (nSPS) is 12.2. The number of hydrogen-bond donors (Lipinski definition) is 0. The van der Waals surface area contributed by atoms with Gasteiger partial charge in [-0.2, -0.15) is 0 Å². The van der Waals surface area contributed by atoms with Crippen molar-refractivity contribution in [2.75, 3.05) is 13.7 Å². The molecule has 0 aliphatic carbocycles. The molecule has 1 rings (SSSR count). The topological polar surface area (TPSA) is 46.6 Å². The van der Waals surface area contributed by atoms with Crippen LogP contribution in [-0.2, 0) is 14.3 Å². The quantitative estimate of drug-likeness (QED) is 0.321. The van der Waals surface area contributed by atoms with E-state index in [-0.39, 0.29) is 26.4 Å². The zero-order valence-corrected chi connectivity index (χ0v) is 17.0. The van der Waals surface area contributed by atoms with E-state index in [1.807, 2.05) is 71.0 Å². The Labute approximate surface area is 151 Å². The minimum atomic E-state index is -0.769. The van der Waals surface area contributed by atoms with Gasteiger partial charge in [-0.05, 0) is 0 Å². The van der Waals surface area contributed by atoms with Gasteiger partial charge in [0.2, 0.25) is 0 Å². The van der Waals surface area contributed by atoms with Gasteiger partial charge in [0.15, 0.2) is 0 Å². The monoisotopic (exact) mass is 397 g/mol. The van der Waals surface area contributed by atoms with Crippen molar-refractivity contribution in [3.63, 3.8) is 0 Å². The summed E-state index contributed by atoms with van der Waals surface area (Å²) >= 11 is -0.320. The van der Waals surface area contributed by atoms with E-state index in [1.54, 1.807) is 4.90 Å². The number of ether oxygens (including phenoxy) is 1. The van der Waals surface area contributed by atoms with Crippen molar-refractivity contribution in [1.29, 1.82) is 0 Å². The van der Waals surface area contributed by atoms with E-state index < -0.39 is 10.8 Å². The molecular weight excluding hydrogens is 369 g/mol. The van der Waals surface area contributed by atoms with Crippen molar-refractivity contribution in [3.05, 3.63) is 42.0 Å². The molecule has 5 heteroatoms. The molecule has 1 unspecified atom stereocenters. The molecule has 1 aromatic carbocycles. The molecular formula is C19H27NO3Se. The van der Waals surface area contributed by atoms with Gasteiger partial charge in [-0.1, -0.05) is 0 Å².